The van der Waals surface area contributed by atoms with Gasteiger partial charge in [0.25, 0.3) is 0 Å². The summed E-state index contributed by atoms with van der Waals surface area (Å²) in [5, 5.41) is 1.91. The molecule has 0 aromatic carbocycles. The Labute approximate surface area is 65.2 Å². The molecular formula is C7H10N4. The van der Waals surface area contributed by atoms with Crippen LogP contribution in [0.2, 0.25) is 0 Å². The van der Waals surface area contributed by atoms with Crippen molar-refractivity contribution in [3.8, 4) is 0 Å². The molecule has 0 saturated carbocycles. The summed E-state index contributed by atoms with van der Waals surface area (Å²) in [5.41, 5.74) is 8.24. The monoisotopic (exact) mass is 150 g/mol. The van der Waals surface area contributed by atoms with Crippen LogP contribution in [0.4, 0.5) is 11.5 Å². The molecule has 1 aliphatic heterocycles. The van der Waals surface area contributed by atoms with E-state index in [1.165, 1.54) is 5.56 Å². The molecule has 0 fully saturated rings. The van der Waals surface area contributed by atoms with Crippen LogP contribution >= 0.6 is 0 Å². The SMILES string of the molecule is Cc1ccnc2c1N(C)NN2. The first kappa shape index (κ1) is 6.42. The highest BCUT2D eigenvalue weighted by molar-refractivity contribution is 5.71. The number of rotatable bonds is 0. The van der Waals surface area contributed by atoms with Crippen molar-refractivity contribution in [1.82, 2.24) is 10.5 Å². The van der Waals surface area contributed by atoms with Crippen molar-refractivity contribution in [3.63, 3.8) is 0 Å². The van der Waals surface area contributed by atoms with Crippen LogP contribution in [0.15, 0.2) is 12.3 Å². The van der Waals surface area contributed by atoms with Crippen molar-refractivity contribution in [1.29, 1.82) is 0 Å². The summed E-state index contributed by atoms with van der Waals surface area (Å²) >= 11 is 0. The zero-order valence-electron chi connectivity index (χ0n) is 6.55. The van der Waals surface area contributed by atoms with Crippen LogP contribution in [0.25, 0.3) is 0 Å². The number of nitrogens with zero attached hydrogens (tertiary/aromatic N) is 2. The van der Waals surface area contributed by atoms with Crippen LogP contribution in [0, 0.1) is 6.92 Å². The molecule has 11 heavy (non-hydrogen) atoms. The highest BCUT2D eigenvalue weighted by Gasteiger charge is 2.16. The standard InChI is InChI=1S/C7H10N4/c1-5-3-4-8-7-6(5)11(2)10-9-7/h3-4,10H,1-2H3,(H,8,9). The normalized spacial score (nSPS) is 14.5. The molecule has 0 atom stereocenters. The van der Waals surface area contributed by atoms with Gasteiger partial charge in [-0.1, -0.05) is 0 Å². The molecular weight excluding hydrogens is 140 g/mol. The predicted octanol–water partition coefficient (Wildman–Crippen LogP) is 0.671. The highest BCUT2D eigenvalue weighted by Crippen LogP contribution is 2.28. The quantitative estimate of drug-likeness (QED) is 0.570. The Bertz CT molecular complexity index is 284. The lowest BCUT2D eigenvalue weighted by atomic mass is 10.2. The van der Waals surface area contributed by atoms with Crippen molar-refractivity contribution in [2.24, 2.45) is 0 Å². The molecule has 0 aliphatic carbocycles. The van der Waals surface area contributed by atoms with E-state index >= 15 is 0 Å². The fourth-order valence-electron chi connectivity index (χ4n) is 1.26. The summed E-state index contributed by atoms with van der Waals surface area (Å²) in [6, 6.07) is 1.99. The minimum atomic E-state index is 0.896. The lowest BCUT2D eigenvalue weighted by molar-refractivity contribution is 0.817. The summed E-state index contributed by atoms with van der Waals surface area (Å²) < 4.78 is 0. The number of anilines is 2. The van der Waals surface area contributed by atoms with E-state index in [4.69, 9.17) is 0 Å². The van der Waals surface area contributed by atoms with E-state index in [1.807, 2.05) is 18.1 Å². The maximum Gasteiger partial charge on any atom is 0.167 e. The van der Waals surface area contributed by atoms with Gasteiger partial charge >= 0.3 is 0 Å². The molecule has 0 amide bonds. The third-order valence-corrected chi connectivity index (χ3v) is 1.80. The van der Waals surface area contributed by atoms with Crippen molar-refractivity contribution in [2.75, 3.05) is 17.5 Å². The first-order chi connectivity index (χ1) is 5.29. The average molecular weight is 150 g/mol. The van der Waals surface area contributed by atoms with Gasteiger partial charge in [0, 0.05) is 13.2 Å². The molecule has 0 unspecified atom stereocenters. The van der Waals surface area contributed by atoms with Crippen LogP contribution in [-0.2, 0) is 0 Å². The fourth-order valence-corrected chi connectivity index (χ4v) is 1.26. The first-order valence-electron chi connectivity index (χ1n) is 3.50. The van der Waals surface area contributed by atoms with E-state index in [1.54, 1.807) is 6.20 Å². The van der Waals surface area contributed by atoms with Crippen LogP contribution < -0.4 is 16.0 Å². The Morgan fingerprint density at radius 3 is 3.09 bits per heavy atom. The molecule has 4 heteroatoms. The van der Waals surface area contributed by atoms with Gasteiger partial charge in [0.05, 0.1) is 0 Å². The number of hydrazine groups is 2. The maximum atomic E-state index is 4.16. The third-order valence-electron chi connectivity index (χ3n) is 1.80. The number of nitrogens with one attached hydrogen (secondary N) is 2. The molecule has 4 nitrogen and oxygen atoms in total. The molecule has 1 aromatic heterocycles. The summed E-state index contributed by atoms with van der Waals surface area (Å²) in [6.45, 7) is 2.06. The van der Waals surface area contributed by atoms with E-state index < -0.39 is 0 Å². The van der Waals surface area contributed by atoms with Gasteiger partial charge in [-0.2, -0.15) is 0 Å². The largest absolute Gasteiger partial charge is 0.290 e. The zero-order valence-corrected chi connectivity index (χ0v) is 6.55. The molecule has 2 N–H and O–H groups in total. The van der Waals surface area contributed by atoms with Crippen molar-refractivity contribution in [3.05, 3.63) is 17.8 Å². The summed E-state index contributed by atoms with van der Waals surface area (Å²) in [7, 11) is 1.95. The van der Waals surface area contributed by atoms with E-state index in [9.17, 15) is 0 Å². The zero-order chi connectivity index (χ0) is 7.84. The predicted molar refractivity (Wildman–Crippen MR) is 44.1 cm³/mol. The van der Waals surface area contributed by atoms with Crippen LogP contribution in [-0.4, -0.2) is 12.0 Å². The molecule has 0 radical (unpaired) electrons. The number of pyridine rings is 1. The number of hydrogen-bond donors (Lipinski definition) is 2. The molecule has 58 valence electrons. The minimum Gasteiger partial charge on any atom is -0.290 e. The Morgan fingerprint density at radius 1 is 1.55 bits per heavy atom. The van der Waals surface area contributed by atoms with Crippen molar-refractivity contribution >= 4 is 11.5 Å². The number of aryl methyl sites for hydroxylation is 1. The van der Waals surface area contributed by atoms with Gasteiger partial charge in [0.1, 0.15) is 5.69 Å². The molecule has 1 aliphatic rings. The Balaban J connectivity index is 2.58. The first-order valence-corrected chi connectivity index (χ1v) is 3.50. The number of fused-ring (bicyclic) bond motifs is 1. The van der Waals surface area contributed by atoms with Crippen LogP contribution in [0.3, 0.4) is 0 Å². The van der Waals surface area contributed by atoms with Gasteiger partial charge in [0.15, 0.2) is 5.82 Å². The summed E-state index contributed by atoms with van der Waals surface area (Å²) in [5.74, 6) is 0.896. The minimum absolute atomic E-state index is 0.896. The van der Waals surface area contributed by atoms with Crippen molar-refractivity contribution in [2.45, 2.75) is 6.92 Å². The topological polar surface area (TPSA) is 40.2 Å². The van der Waals surface area contributed by atoms with Crippen molar-refractivity contribution < 1.29 is 0 Å². The summed E-state index contributed by atoms with van der Waals surface area (Å²) in [4.78, 5) is 4.16. The van der Waals surface area contributed by atoms with Gasteiger partial charge in [-0.3, -0.25) is 10.4 Å². The van der Waals surface area contributed by atoms with E-state index in [-0.39, 0.29) is 0 Å². The number of aromatic nitrogens is 1. The Morgan fingerprint density at radius 2 is 2.36 bits per heavy atom. The van der Waals surface area contributed by atoms with E-state index in [0.717, 1.165) is 11.5 Å². The van der Waals surface area contributed by atoms with Gasteiger partial charge in [0.2, 0.25) is 0 Å². The van der Waals surface area contributed by atoms with Gasteiger partial charge in [-0.15, -0.1) is 5.53 Å². The van der Waals surface area contributed by atoms with Gasteiger partial charge in [-0.25, -0.2) is 4.98 Å². The molecule has 2 heterocycles. The summed E-state index contributed by atoms with van der Waals surface area (Å²) in [6.07, 6.45) is 1.79. The van der Waals surface area contributed by atoms with E-state index in [2.05, 4.69) is 22.9 Å². The van der Waals surface area contributed by atoms with Gasteiger partial charge in [-0.05, 0) is 18.6 Å². The lowest BCUT2D eigenvalue weighted by Crippen LogP contribution is -2.31. The molecule has 1 aromatic rings. The second kappa shape index (κ2) is 2.10. The van der Waals surface area contributed by atoms with Gasteiger partial charge < -0.3 is 0 Å². The Hall–Kier alpha value is -1.29. The molecule has 2 rings (SSSR count). The average Bonchev–Trinajstić information content (AvgIpc) is 2.34. The fraction of sp³-hybridized carbons (Fsp3) is 0.286. The molecule has 0 bridgehead atoms. The maximum absolute atomic E-state index is 4.16. The van der Waals surface area contributed by atoms with Crippen LogP contribution in [0.1, 0.15) is 5.56 Å². The second-order valence-corrected chi connectivity index (χ2v) is 2.62. The third kappa shape index (κ3) is 0.832. The van der Waals surface area contributed by atoms with E-state index in [0.29, 0.717) is 0 Å². The second-order valence-electron chi connectivity index (χ2n) is 2.62. The molecule has 0 saturated heterocycles. The molecule has 0 spiro atoms. The highest BCUT2D eigenvalue weighted by atomic mass is 15.7. The number of hydrogen-bond acceptors (Lipinski definition) is 4. The smallest absolute Gasteiger partial charge is 0.167 e. The van der Waals surface area contributed by atoms with Crippen LogP contribution in [0.5, 0.6) is 0 Å². The lowest BCUT2D eigenvalue weighted by Gasteiger charge is -2.10. The Kier molecular flexibility index (Phi) is 1.22.